The van der Waals surface area contributed by atoms with Crippen LogP contribution in [-0.2, 0) is 6.61 Å². The van der Waals surface area contributed by atoms with Crippen LogP contribution in [0.1, 0.15) is 16.8 Å². The Morgan fingerprint density at radius 1 is 1.25 bits per heavy atom. The quantitative estimate of drug-likeness (QED) is 0.467. The zero-order valence-corrected chi connectivity index (χ0v) is 16.2. The molecule has 8 heteroatoms. The molecule has 0 aliphatic heterocycles. The van der Waals surface area contributed by atoms with E-state index in [1.165, 1.54) is 6.07 Å². The zero-order chi connectivity index (χ0) is 19.9. The fourth-order valence-electron chi connectivity index (χ4n) is 2.51. The van der Waals surface area contributed by atoms with E-state index >= 15 is 0 Å². The van der Waals surface area contributed by atoms with Gasteiger partial charge in [0.25, 0.3) is 5.56 Å². The number of hydrogen-bond acceptors (Lipinski definition) is 6. The highest BCUT2D eigenvalue weighted by Gasteiger charge is 2.10. The van der Waals surface area contributed by atoms with Gasteiger partial charge < -0.3 is 9.47 Å². The standard InChI is InChI=1S/C20H19ClN4O3/c1-13-10-18(26)24-20(23-13)25-22-11-14-7-5-9-17(27-2)19(14)28-12-15-6-3-4-8-16(15)21/h3-11H,12H2,1-2H3,(H2,23,24,25,26)/b22-11+. The van der Waals surface area contributed by atoms with Crippen molar-refractivity contribution in [3.8, 4) is 11.5 Å². The summed E-state index contributed by atoms with van der Waals surface area (Å²) in [5.41, 5.74) is 4.59. The van der Waals surface area contributed by atoms with Crippen molar-refractivity contribution in [3.63, 3.8) is 0 Å². The number of nitrogens with zero attached hydrogens (tertiary/aromatic N) is 2. The summed E-state index contributed by atoms with van der Waals surface area (Å²) < 4.78 is 11.4. The topological polar surface area (TPSA) is 88.6 Å². The number of rotatable bonds is 7. The number of aromatic nitrogens is 2. The number of nitrogens with one attached hydrogen (secondary N) is 2. The molecule has 0 atom stereocenters. The average Bonchev–Trinajstić information content (AvgIpc) is 2.67. The van der Waals surface area contributed by atoms with E-state index in [0.717, 1.165) is 5.56 Å². The average molecular weight is 399 g/mol. The van der Waals surface area contributed by atoms with Gasteiger partial charge in [0.1, 0.15) is 6.61 Å². The van der Waals surface area contributed by atoms with Crippen LogP contribution in [-0.4, -0.2) is 23.3 Å². The van der Waals surface area contributed by atoms with Gasteiger partial charge in [0.2, 0.25) is 5.95 Å². The highest BCUT2D eigenvalue weighted by molar-refractivity contribution is 6.31. The van der Waals surface area contributed by atoms with Gasteiger partial charge in [0.05, 0.1) is 13.3 Å². The smallest absolute Gasteiger partial charge is 0.252 e. The van der Waals surface area contributed by atoms with Gasteiger partial charge in [-0.1, -0.05) is 35.9 Å². The number of H-pyrrole nitrogens is 1. The molecule has 144 valence electrons. The predicted molar refractivity (Wildman–Crippen MR) is 110 cm³/mol. The van der Waals surface area contributed by atoms with E-state index in [2.05, 4.69) is 20.5 Å². The van der Waals surface area contributed by atoms with Gasteiger partial charge in [0.15, 0.2) is 11.5 Å². The molecule has 1 aromatic heterocycles. The maximum absolute atomic E-state index is 11.5. The summed E-state index contributed by atoms with van der Waals surface area (Å²) in [6, 6.07) is 14.3. The molecule has 2 aromatic carbocycles. The minimum absolute atomic E-state index is 0.252. The number of benzene rings is 2. The zero-order valence-electron chi connectivity index (χ0n) is 15.4. The molecule has 0 saturated heterocycles. The fourth-order valence-corrected chi connectivity index (χ4v) is 2.70. The summed E-state index contributed by atoms with van der Waals surface area (Å²) in [4.78, 5) is 18.2. The Kier molecular flexibility index (Phi) is 6.29. The lowest BCUT2D eigenvalue weighted by atomic mass is 10.2. The minimum atomic E-state index is -0.254. The second kappa shape index (κ2) is 9.05. The number of hydrogen-bond donors (Lipinski definition) is 2. The highest BCUT2D eigenvalue weighted by atomic mass is 35.5. The van der Waals surface area contributed by atoms with E-state index < -0.39 is 0 Å². The van der Waals surface area contributed by atoms with Gasteiger partial charge >= 0.3 is 0 Å². The monoisotopic (exact) mass is 398 g/mol. The molecule has 0 bridgehead atoms. The SMILES string of the molecule is COc1cccc(/C=N/Nc2nc(C)cc(=O)[nH]2)c1OCc1ccccc1Cl. The van der Waals surface area contributed by atoms with Crippen molar-refractivity contribution < 1.29 is 9.47 Å². The lowest BCUT2D eigenvalue weighted by Crippen LogP contribution is -2.10. The molecule has 0 spiro atoms. The Bertz CT molecular complexity index is 1050. The molecule has 2 N–H and O–H groups in total. The predicted octanol–water partition coefficient (Wildman–Crippen LogP) is 3.77. The summed E-state index contributed by atoms with van der Waals surface area (Å²) in [6.07, 6.45) is 1.56. The first-order valence-corrected chi connectivity index (χ1v) is 8.85. The van der Waals surface area contributed by atoms with Gasteiger partial charge in [-0.15, -0.1) is 0 Å². The van der Waals surface area contributed by atoms with Crippen molar-refractivity contribution >= 4 is 23.8 Å². The Labute approximate surface area is 167 Å². The van der Waals surface area contributed by atoms with Crippen LogP contribution in [0.4, 0.5) is 5.95 Å². The van der Waals surface area contributed by atoms with Gasteiger partial charge in [-0.3, -0.25) is 9.78 Å². The summed E-state index contributed by atoms with van der Waals surface area (Å²) in [5, 5.41) is 4.76. The Morgan fingerprint density at radius 3 is 2.82 bits per heavy atom. The van der Waals surface area contributed by atoms with Crippen molar-refractivity contribution in [2.75, 3.05) is 12.5 Å². The molecule has 7 nitrogen and oxygen atoms in total. The first-order valence-electron chi connectivity index (χ1n) is 8.47. The molecule has 0 amide bonds. The number of aryl methyl sites for hydroxylation is 1. The molecule has 1 heterocycles. The number of halogens is 1. The Hall–Kier alpha value is -3.32. The van der Waals surface area contributed by atoms with E-state index in [9.17, 15) is 4.79 Å². The van der Waals surface area contributed by atoms with E-state index in [1.54, 1.807) is 26.3 Å². The first-order chi connectivity index (χ1) is 13.6. The maximum atomic E-state index is 11.5. The Morgan fingerprint density at radius 2 is 2.07 bits per heavy atom. The first kappa shape index (κ1) is 19.4. The van der Waals surface area contributed by atoms with Crippen molar-refractivity contribution in [3.05, 3.63) is 80.7 Å². The van der Waals surface area contributed by atoms with Crippen LogP contribution in [0.2, 0.25) is 5.02 Å². The molecule has 0 fully saturated rings. The van der Waals surface area contributed by atoms with Crippen LogP contribution in [0.5, 0.6) is 11.5 Å². The van der Waals surface area contributed by atoms with E-state index in [4.69, 9.17) is 21.1 Å². The molecule has 28 heavy (non-hydrogen) atoms. The van der Waals surface area contributed by atoms with Gasteiger partial charge in [-0.2, -0.15) is 5.10 Å². The summed E-state index contributed by atoms with van der Waals surface area (Å²) in [6.45, 7) is 2.01. The van der Waals surface area contributed by atoms with Crippen LogP contribution in [0.15, 0.2) is 58.4 Å². The lowest BCUT2D eigenvalue weighted by molar-refractivity contribution is 0.284. The summed E-state index contributed by atoms with van der Waals surface area (Å²) in [7, 11) is 1.57. The van der Waals surface area contributed by atoms with Crippen LogP contribution >= 0.6 is 11.6 Å². The number of hydrazone groups is 1. The van der Waals surface area contributed by atoms with E-state index in [1.807, 2.05) is 36.4 Å². The molecule has 0 aliphatic carbocycles. The summed E-state index contributed by atoms with van der Waals surface area (Å²) in [5.74, 6) is 1.35. The van der Waals surface area contributed by atoms with Crippen molar-refractivity contribution in [2.24, 2.45) is 5.10 Å². The number of aromatic amines is 1. The van der Waals surface area contributed by atoms with Gasteiger partial charge in [0, 0.05) is 27.9 Å². The molecule has 0 radical (unpaired) electrons. The second-order valence-electron chi connectivity index (χ2n) is 5.86. The number of ether oxygens (including phenoxy) is 2. The molecule has 0 saturated carbocycles. The minimum Gasteiger partial charge on any atom is -0.493 e. The van der Waals surface area contributed by atoms with E-state index in [-0.39, 0.29) is 18.1 Å². The van der Waals surface area contributed by atoms with Crippen molar-refractivity contribution in [2.45, 2.75) is 13.5 Å². The molecule has 0 unspecified atom stereocenters. The summed E-state index contributed by atoms with van der Waals surface area (Å²) >= 11 is 6.20. The van der Waals surface area contributed by atoms with Crippen LogP contribution < -0.4 is 20.5 Å². The second-order valence-corrected chi connectivity index (χ2v) is 6.27. The third-order valence-corrected chi connectivity index (χ3v) is 4.17. The number of para-hydroxylation sites is 1. The maximum Gasteiger partial charge on any atom is 0.252 e. The van der Waals surface area contributed by atoms with Crippen LogP contribution in [0.3, 0.4) is 0 Å². The third kappa shape index (κ3) is 4.89. The molecular weight excluding hydrogens is 380 g/mol. The largest absolute Gasteiger partial charge is 0.493 e. The molecule has 0 aliphatic rings. The van der Waals surface area contributed by atoms with Crippen molar-refractivity contribution in [1.29, 1.82) is 0 Å². The Balaban J connectivity index is 1.80. The molecule has 3 aromatic rings. The molecule has 3 rings (SSSR count). The lowest BCUT2D eigenvalue weighted by Gasteiger charge is -2.13. The highest BCUT2D eigenvalue weighted by Crippen LogP contribution is 2.31. The van der Waals surface area contributed by atoms with Crippen LogP contribution in [0.25, 0.3) is 0 Å². The molecular formula is C20H19ClN4O3. The number of methoxy groups -OCH3 is 1. The fraction of sp³-hybridized carbons (Fsp3) is 0.150. The number of anilines is 1. The third-order valence-electron chi connectivity index (χ3n) is 3.80. The normalized spacial score (nSPS) is 10.8. The van der Waals surface area contributed by atoms with Gasteiger partial charge in [-0.25, -0.2) is 10.4 Å². The van der Waals surface area contributed by atoms with Gasteiger partial charge in [-0.05, 0) is 25.1 Å². The van der Waals surface area contributed by atoms with Crippen LogP contribution in [0, 0.1) is 6.92 Å². The van der Waals surface area contributed by atoms with Crippen molar-refractivity contribution in [1.82, 2.24) is 9.97 Å². The van der Waals surface area contributed by atoms with E-state index in [0.29, 0.717) is 27.8 Å².